The van der Waals surface area contributed by atoms with Gasteiger partial charge in [-0.2, -0.15) is 0 Å². The molecule has 3 N–H and O–H groups in total. The fourth-order valence-corrected chi connectivity index (χ4v) is 2.97. The molecule has 0 radical (unpaired) electrons. The summed E-state index contributed by atoms with van der Waals surface area (Å²) in [6.45, 7) is 7.28. The summed E-state index contributed by atoms with van der Waals surface area (Å²) < 4.78 is 0. The van der Waals surface area contributed by atoms with Gasteiger partial charge < -0.3 is 15.4 Å². The van der Waals surface area contributed by atoms with Crippen molar-refractivity contribution in [2.45, 2.75) is 37.9 Å². The monoisotopic (exact) mass is 293 g/mol. The van der Waals surface area contributed by atoms with Crippen molar-refractivity contribution in [2.75, 3.05) is 18.9 Å². The van der Waals surface area contributed by atoms with Gasteiger partial charge in [0.15, 0.2) is 5.16 Å². The average molecular weight is 293 g/mol. The number of benzene rings is 1. The summed E-state index contributed by atoms with van der Waals surface area (Å²) >= 11 is 1.64. The third-order valence-corrected chi connectivity index (χ3v) is 4.54. The molecule has 1 unspecified atom stereocenters. The molecule has 5 heteroatoms. The smallest absolute Gasteiger partial charge is 0.166 e. The molecular formula is C15H23N3OS. The Morgan fingerprint density at radius 2 is 2.25 bits per heavy atom. The van der Waals surface area contributed by atoms with Crippen LogP contribution in [0.3, 0.4) is 0 Å². The molecule has 2 aromatic rings. The molecule has 20 heavy (non-hydrogen) atoms. The summed E-state index contributed by atoms with van der Waals surface area (Å²) in [5.41, 5.74) is 3.02. The number of nitrogens with zero attached hydrogens (tertiary/aromatic N) is 1. The number of H-pyrrole nitrogens is 1. The van der Waals surface area contributed by atoms with Gasteiger partial charge in [-0.1, -0.05) is 24.8 Å². The van der Waals surface area contributed by atoms with Crippen LogP contribution in [0.4, 0.5) is 0 Å². The van der Waals surface area contributed by atoms with Gasteiger partial charge in [0, 0.05) is 11.3 Å². The molecule has 1 aromatic heterocycles. The van der Waals surface area contributed by atoms with Crippen molar-refractivity contribution in [3.63, 3.8) is 0 Å². The Bertz CT molecular complexity index is 569. The van der Waals surface area contributed by atoms with E-state index in [0.717, 1.165) is 34.9 Å². The minimum absolute atomic E-state index is 0.124. The molecule has 4 nitrogen and oxygen atoms in total. The summed E-state index contributed by atoms with van der Waals surface area (Å²) in [6.07, 6.45) is 1.06. The maximum Gasteiger partial charge on any atom is 0.166 e. The summed E-state index contributed by atoms with van der Waals surface area (Å²) in [7, 11) is 0. The lowest BCUT2D eigenvalue weighted by atomic mass is 10.1. The average Bonchev–Trinajstić information content (AvgIpc) is 2.85. The van der Waals surface area contributed by atoms with Crippen LogP contribution in [-0.2, 0) is 0 Å². The molecule has 0 aliphatic heterocycles. The molecule has 1 heterocycles. The Morgan fingerprint density at radius 3 is 2.95 bits per heavy atom. The van der Waals surface area contributed by atoms with Crippen LogP contribution in [0.1, 0.15) is 25.8 Å². The number of hydrogen-bond donors (Lipinski definition) is 3. The van der Waals surface area contributed by atoms with Crippen molar-refractivity contribution >= 4 is 22.8 Å². The maximum atomic E-state index is 9.56. The molecule has 2 rings (SSSR count). The molecule has 0 fully saturated rings. The van der Waals surface area contributed by atoms with E-state index in [9.17, 15) is 5.11 Å². The number of fused-ring (bicyclic) bond motifs is 1. The predicted molar refractivity (Wildman–Crippen MR) is 85.3 cm³/mol. The number of imidazole rings is 1. The van der Waals surface area contributed by atoms with Crippen LogP contribution >= 0.6 is 11.8 Å². The number of thioether (sulfide) groups is 1. The minimum Gasteiger partial charge on any atom is -0.394 e. The van der Waals surface area contributed by atoms with E-state index in [1.54, 1.807) is 11.8 Å². The lowest BCUT2D eigenvalue weighted by Crippen LogP contribution is -2.48. The van der Waals surface area contributed by atoms with Gasteiger partial charge in [-0.05, 0) is 44.5 Å². The van der Waals surface area contributed by atoms with Crippen molar-refractivity contribution in [1.29, 1.82) is 0 Å². The van der Waals surface area contributed by atoms with E-state index < -0.39 is 0 Å². The lowest BCUT2D eigenvalue weighted by molar-refractivity contribution is 0.192. The number of aryl methyl sites for hydroxylation is 1. The number of aliphatic hydroxyl groups excluding tert-OH is 1. The highest BCUT2D eigenvalue weighted by molar-refractivity contribution is 7.99. The topological polar surface area (TPSA) is 60.9 Å². The number of hydrogen-bond acceptors (Lipinski definition) is 4. The zero-order valence-corrected chi connectivity index (χ0v) is 13.2. The summed E-state index contributed by atoms with van der Waals surface area (Å²) in [5.74, 6) is 0.780. The van der Waals surface area contributed by atoms with Gasteiger partial charge in [-0.25, -0.2) is 4.98 Å². The van der Waals surface area contributed by atoms with Crippen LogP contribution in [0.2, 0.25) is 0 Å². The molecule has 110 valence electrons. The summed E-state index contributed by atoms with van der Waals surface area (Å²) in [4.78, 5) is 7.90. The van der Waals surface area contributed by atoms with Crippen LogP contribution in [0.25, 0.3) is 11.0 Å². The molecule has 0 aliphatic rings. The molecule has 0 spiro atoms. The van der Waals surface area contributed by atoms with Crippen molar-refractivity contribution in [2.24, 2.45) is 0 Å². The summed E-state index contributed by atoms with van der Waals surface area (Å²) in [5, 5.41) is 13.9. The molecule has 0 saturated carbocycles. The lowest BCUT2D eigenvalue weighted by Gasteiger charge is -2.27. The van der Waals surface area contributed by atoms with Gasteiger partial charge in [-0.15, -0.1) is 0 Å². The molecular weight excluding hydrogens is 270 g/mol. The highest BCUT2D eigenvalue weighted by atomic mass is 32.2. The van der Waals surface area contributed by atoms with Crippen LogP contribution < -0.4 is 5.32 Å². The SMILES string of the molecule is CCCNC(C)(CO)CSc1nc2ccc(C)cc2[nH]1. The minimum atomic E-state index is -0.268. The van der Waals surface area contributed by atoms with Crippen molar-refractivity contribution in [1.82, 2.24) is 15.3 Å². The number of rotatable bonds is 7. The second-order valence-electron chi connectivity index (χ2n) is 5.50. The van der Waals surface area contributed by atoms with E-state index >= 15 is 0 Å². The first-order valence-corrected chi connectivity index (χ1v) is 8.00. The fraction of sp³-hybridized carbons (Fsp3) is 0.533. The molecule has 0 saturated heterocycles. The number of aromatic nitrogens is 2. The Morgan fingerprint density at radius 1 is 1.45 bits per heavy atom. The van der Waals surface area contributed by atoms with E-state index in [0.29, 0.717) is 0 Å². The molecule has 1 atom stereocenters. The molecule has 1 aromatic carbocycles. The van der Waals surface area contributed by atoms with Crippen LogP contribution in [0, 0.1) is 6.92 Å². The second kappa shape index (κ2) is 6.61. The Balaban J connectivity index is 2.04. The first-order valence-electron chi connectivity index (χ1n) is 7.01. The predicted octanol–water partition coefficient (Wildman–Crippen LogP) is 2.71. The van der Waals surface area contributed by atoms with Gasteiger partial charge in [0.05, 0.1) is 17.6 Å². The van der Waals surface area contributed by atoms with E-state index in [1.807, 2.05) is 13.0 Å². The maximum absolute atomic E-state index is 9.56. The van der Waals surface area contributed by atoms with E-state index in [1.165, 1.54) is 5.56 Å². The van der Waals surface area contributed by atoms with Gasteiger partial charge in [-0.3, -0.25) is 0 Å². The van der Waals surface area contributed by atoms with Crippen LogP contribution in [0.5, 0.6) is 0 Å². The third kappa shape index (κ3) is 3.75. The number of nitrogens with one attached hydrogen (secondary N) is 2. The third-order valence-electron chi connectivity index (χ3n) is 3.29. The summed E-state index contributed by atoms with van der Waals surface area (Å²) in [6, 6.07) is 6.21. The second-order valence-corrected chi connectivity index (χ2v) is 6.46. The zero-order valence-electron chi connectivity index (χ0n) is 12.4. The van der Waals surface area contributed by atoms with Gasteiger partial charge >= 0.3 is 0 Å². The highest BCUT2D eigenvalue weighted by Crippen LogP contribution is 2.23. The van der Waals surface area contributed by atoms with Crippen molar-refractivity contribution < 1.29 is 5.11 Å². The van der Waals surface area contributed by atoms with Gasteiger partial charge in [0.1, 0.15) is 0 Å². The van der Waals surface area contributed by atoms with Crippen LogP contribution in [-0.4, -0.2) is 39.5 Å². The fourth-order valence-electron chi connectivity index (χ4n) is 1.98. The Labute approximate surface area is 124 Å². The normalized spacial score (nSPS) is 14.6. The Hall–Kier alpha value is -1.04. The molecule has 0 bridgehead atoms. The van der Waals surface area contributed by atoms with Crippen LogP contribution in [0.15, 0.2) is 23.4 Å². The van der Waals surface area contributed by atoms with Gasteiger partial charge in [0.25, 0.3) is 0 Å². The first kappa shape index (κ1) is 15.4. The van der Waals surface area contributed by atoms with E-state index in [4.69, 9.17) is 0 Å². The van der Waals surface area contributed by atoms with E-state index in [2.05, 4.69) is 41.3 Å². The van der Waals surface area contributed by atoms with E-state index in [-0.39, 0.29) is 12.1 Å². The highest BCUT2D eigenvalue weighted by Gasteiger charge is 2.23. The quantitative estimate of drug-likeness (QED) is 0.687. The number of aliphatic hydroxyl groups is 1. The zero-order chi connectivity index (χ0) is 14.6. The van der Waals surface area contributed by atoms with Crippen molar-refractivity contribution in [3.8, 4) is 0 Å². The molecule has 0 amide bonds. The van der Waals surface area contributed by atoms with Crippen molar-refractivity contribution in [3.05, 3.63) is 23.8 Å². The molecule has 0 aliphatic carbocycles. The largest absolute Gasteiger partial charge is 0.394 e. The number of aromatic amines is 1. The Kier molecular flexibility index (Phi) is 5.07. The van der Waals surface area contributed by atoms with Gasteiger partial charge in [0.2, 0.25) is 0 Å². The standard InChI is InChI=1S/C15H23N3OS/c1-4-7-16-15(3,9-19)10-20-14-17-12-6-5-11(2)8-13(12)18-14/h5-6,8,16,19H,4,7,9-10H2,1-3H3,(H,17,18). The first-order chi connectivity index (χ1) is 9.56.